The number of piperazine rings is 1. The maximum Gasteiger partial charge on any atom is 0.246 e. The number of hydrogen-bond acceptors (Lipinski definition) is 6. The van der Waals surface area contributed by atoms with E-state index in [-0.39, 0.29) is 24.9 Å². The minimum absolute atomic E-state index is 0.0411. The van der Waals surface area contributed by atoms with Crippen LogP contribution >= 0.6 is 0 Å². The highest BCUT2D eigenvalue weighted by Crippen LogP contribution is 2.16. The monoisotopic (exact) mass is 310 g/mol. The van der Waals surface area contributed by atoms with Crippen LogP contribution in [0.15, 0.2) is 4.52 Å². The molecule has 2 amide bonds. The lowest BCUT2D eigenvalue weighted by Crippen LogP contribution is -2.58. The van der Waals surface area contributed by atoms with E-state index < -0.39 is 6.04 Å². The highest BCUT2D eigenvalue weighted by atomic mass is 16.5. The van der Waals surface area contributed by atoms with Crippen LogP contribution < -0.4 is 0 Å². The standard InChI is InChI=1S/C14H22N4O4/c1-4-6-17-9-13(19)18(10(2)14(17)20)8-12-15-11(16-22-12)5-7-21-3/h10H,4-9H2,1-3H3/t10-/m1/s1. The summed E-state index contributed by atoms with van der Waals surface area (Å²) in [6.45, 7) is 5.08. The molecular formula is C14H22N4O4. The molecule has 0 radical (unpaired) electrons. The van der Waals surface area contributed by atoms with E-state index in [9.17, 15) is 9.59 Å². The zero-order valence-corrected chi connectivity index (χ0v) is 13.2. The van der Waals surface area contributed by atoms with E-state index in [1.807, 2.05) is 6.92 Å². The molecule has 0 unspecified atom stereocenters. The van der Waals surface area contributed by atoms with Crippen LogP contribution in [0.3, 0.4) is 0 Å². The number of rotatable bonds is 7. The summed E-state index contributed by atoms with van der Waals surface area (Å²) in [5.41, 5.74) is 0. The van der Waals surface area contributed by atoms with Crippen molar-refractivity contribution in [1.82, 2.24) is 19.9 Å². The third-order valence-electron chi connectivity index (χ3n) is 3.62. The first-order chi connectivity index (χ1) is 10.6. The fourth-order valence-corrected chi connectivity index (χ4v) is 2.42. The lowest BCUT2D eigenvalue weighted by Gasteiger charge is -2.37. The van der Waals surface area contributed by atoms with Crippen molar-refractivity contribution in [2.24, 2.45) is 0 Å². The molecule has 8 nitrogen and oxygen atoms in total. The highest BCUT2D eigenvalue weighted by Gasteiger charge is 2.36. The number of amides is 2. The zero-order valence-electron chi connectivity index (χ0n) is 13.2. The number of nitrogens with zero attached hydrogens (tertiary/aromatic N) is 4. The molecule has 0 spiro atoms. The molecule has 0 aliphatic carbocycles. The highest BCUT2D eigenvalue weighted by molar-refractivity contribution is 5.94. The molecular weight excluding hydrogens is 288 g/mol. The molecule has 1 atom stereocenters. The van der Waals surface area contributed by atoms with Gasteiger partial charge < -0.3 is 19.1 Å². The predicted molar refractivity (Wildman–Crippen MR) is 76.8 cm³/mol. The molecule has 0 bridgehead atoms. The molecule has 2 rings (SSSR count). The molecule has 0 N–H and O–H groups in total. The van der Waals surface area contributed by atoms with Crippen molar-refractivity contribution in [3.8, 4) is 0 Å². The molecule has 22 heavy (non-hydrogen) atoms. The Bertz CT molecular complexity index is 531. The first-order valence-corrected chi connectivity index (χ1v) is 7.45. The van der Waals surface area contributed by atoms with Crippen LogP contribution in [0.1, 0.15) is 32.0 Å². The number of methoxy groups -OCH3 is 1. The quantitative estimate of drug-likeness (QED) is 0.716. The van der Waals surface area contributed by atoms with Gasteiger partial charge in [-0.2, -0.15) is 4.98 Å². The first kappa shape index (κ1) is 16.4. The molecule has 1 aliphatic rings. The van der Waals surface area contributed by atoms with Gasteiger partial charge in [0.15, 0.2) is 5.82 Å². The summed E-state index contributed by atoms with van der Waals surface area (Å²) in [5.74, 6) is 0.730. The van der Waals surface area contributed by atoms with Gasteiger partial charge in [-0.3, -0.25) is 9.59 Å². The third kappa shape index (κ3) is 3.62. The van der Waals surface area contributed by atoms with Crippen molar-refractivity contribution in [2.45, 2.75) is 39.3 Å². The zero-order chi connectivity index (χ0) is 16.1. The smallest absolute Gasteiger partial charge is 0.246 e. The Labute approximate surface area is 129 Å². The van der Waals surface area contributed by atoms with Gasteiger partial charge >= 0.3 is 0 Å². The molecule has 8 heteroatoms. The molecule has 0 aromatic carbocycles. The number of aromatic nitrogens is 2. The summed E-state index contributed by atoms with van der Waals surface area (Å²) in [7, 11) is 1.60. The van der Waals surface area contributed by atoms with Crippen molar-refractivity contribution in [3.05, 3.63) is 11.7 Å². The average molecular weight is 310 g/mol. The van der Waals surface area contributed by atoms with Crippen molar-refractivity contribution in [3.63, 3.8) is 0 Å². The summed E-state index contributed by atoms with van der Waals surface area (Å²) < 4.78 is 10.1. The van der Waals surface area contributed by atoms with Crippen LogP contribution in [0.2, 0.25) is 0 Å². The largest absolute Gasteiger partial charge is 0.384 e. The van der Waals surface area contributed by atoms with Crippen LogP contribution in [-0.4, -0.2) is 64.6 Å². The maximum absolute atomic E-state index is 12.3. The second kappa shape index (κ2) is 7.35. The first-order valence-electron chi connectivity index (χ1n) is 7.45. The van der Waals surface area contributed by atoms with Gasteiger partial charge in [0.25, 0.3) is 0 Å². The van der Waals surface area contributed by atoms with Gasteiger partial charge in [-0.15, -0.1) is 0 Å². The van der Waals surface area contributed by atoms with Crippen LogP contribution in [0.4, 0.5) is 0 Å². The van der Waals surface area contributed by atoms with Crippen LogP contribution in [0.25, 0.3) is 0 Å². The predicted octanol–water partition coefficient (Wildman–Crippen LogP) is 0.228. The minimum atomic E-state index is -0.512. The lowest BCUT2D eigenvalue weighted by atomic mass is 10.1. The molecule has 122 valence electrons. The van der Waals surface area contributed by atoms with E-state index in [4.69, 9.17) is 9.26 Å². The van der Waals surface area contributed by atoms with Gasteiger partial charge in [-0.1, -0.05) is 12.1 Å². The molecule has 1 aliphatic heterocycles. The van der Waals surface area contributed by atoms with Gasteiger partial charge in [0.05, 0.1) is 13.2 Å². The van der Waals surface area contributed by atoms with Gasteiger partial charge in [-0.25, -0.2) is 0 Å². The van der Waals surface area contributed by atoms with Gasteiger partial charge in [0, 0.05) is 20.1 Å². The van der Waals surface area contributed by atoms with E-state index in [1.165, 1.54) is 4.90 Å². The Kier molecular flexibility index (Phi) is 5.48. The molecule has 2 heterocycles. The van der Waals surface area contributed by atoms with Gasteiger partial charge in [0.2, 0.25) is 17.7 Å². The fraction of sp³-hybridized carbons (Fsp3) is 0.714. The summed E-state index contributed by atoms with van der Waals surface area (Å²) in [6.07, 6.45) is 1.38. The van der Waals surface area contributed by atoms with Crippen LogP contribution in [0, 0.1) is 0 Å². The number of ether oxygens (including phenoxy) is 1. The van der Waals surface area contributed by atoms with Crippen molar-refractivity contribution < 1.29 is 18.8 Å². The summed E-state index contributed by atoms with van der Waals surface area (Å²) >= 11 is 0. The number of carbonyl (C=O) groups is 2. The Morgan fingerprint density at radius 2 is 2.18 bits per heavy atom. The Morgan fingerprint density at radius 3 is 2.86 bits per heavy atom. The van der Waals surface area contributed by atoms with Crippen molar-refractivity contribution in [1.29, 1.82) is 0 Å². The molecule has 1 saturated heterocycles. The Morgan fingerprint density at radius 1 is 1.41 bits per heavy atom. The van der Waals surface area contributed by atoms with Crippen LogP contribution in [-0.2, 0) is 27.3 Å². The second-order valence-corrected chi connectivity index (χ2v) is 5.30. The maximum atomic E-state index is 12.3. The second-order valence-electron chi connectivity index (χ2n) is 5.30. The van der Waals surface area contributed by atoms with E-state index in [1.54, 1.807) is 18.9 Å². The summed E-state index contributed by atoms with van der Waals surface area (Å²) in [5, 5.41) is 3.83. The summed E-state index contributed by atoms with van der Waals surface area (Å²) in [4.78, 5) is 31.8. The molecule has 0 saturated carbocycles. The van der Waals surface area contributed by atoms with Crippen LogP contribution in [0.5, 0.6) is 0 Å². The number of carbonyl (C=O) groups excluding carboxylic acids is 2. The summed E-state index contributed by atoms with van der Waals surface area (Å²) in [6, 6.07) is -0.512. The van der Waals surface area contributed by atoms with E-state index in [0.717, 1.165) is 6.42 Å². The van der Waals surface area contributed by atoms with E-state index >= 15 is 0 Å². The fourth-order valence-electron chi connectivity index (χ4n) is 2.42. The SMILES string of the molecule is CCCN1CC(=O)N(Cc2nc(CCOC)no2)[C@H](C)C1=O. The van der Waals surface area contributed by atoms with E-state index in [0.29, 0.717) is 31.3 Å². The lowest BCUT2D eigenvalue weighted by molar-refractivity contribution is -0.156. The molecule has 1 aromatic heterocycles. The molecule has 1 fully saturated rings. The van der Waals surface area contributed by atoms with Crippen molar-refractivity contribution in [2.75, 3.05) is 26.8 Å². The normalized spacial score (nSPS) is 19.1. The van der Waals surface area contributed by atoms with Gasteiger partial charge in [0.1, 0.15) is 12.6 Å². The Balaban J connectivity index is 2.01. The van der Waals surface area contributed by atoms with E-state index in [2.05, 4.69) is 10.1 Å². The topological polar surface area (TPSA) is 88.8 Å². The Hall–Kier alpha value is -1.96. The third-order valence-corrected chi connectivity index (χ3v) is 3.62. The number of hydrogen-bond donors (Lipinski definition) is 0. The van der Waals surface area contributed by atoms with Gasteiger partial charge in [-0.05, 0) is 13.3 Å². The minimum Gasteiger partial charge on any atom is -0.384 e. The average Bonchev–Trinajstić information content (AvgIpc) is 2.95. The molecule has 1 aromatic rings. The van der Waals surface area contributed by atoms with Crippen molar-refractivity contribution >= 4 is 11.8 Å².